The first-order chi connectivity index (χ1) is 9.76. The van der Waals surface area contributed by atoms with E-state index in [2.05, 4.69) is 20.3 Å². The van der Waals surface area contributed by atoms with E-state index >= 15 is 0 Å². The van der Waals surface area contributed by atoms with E-state index in [1.54, 1.807) is 13.8 Å². The topological polar surface area (TPSA) is 67.0 Å². The largest absolute Gasteiger partial charge is 0.573 e. The van der Waals surface area contributed by atoms with Crippen molar-refractivity contribution in [1.82, 2.24) is 10.2 Å². The van der Waals surface area contributed by atoms with Crippen LogP contribution in [0.5, 0.6) is 5.75 Å². The molecule has 0 fully saturated rings. The number of ether oxygens (including phenoxy) is 1. The zero-order valence-corrected chi connectivity index (χ0v) is 11.2. The fourth-order valence-electron chi connectivity index (χ4n) is 1.73. The number of H-pyrrole nitrogens is 1. The fraction of sp³-hybridized carbons (Fsp3) is 0.231. The van der Waals surface area contributed by atoms with E-state index < -0.39 is 12.3 Å². The first kappa shape index (κ1) is 14.9. The number of carbonyl (C=O) groups excluding carboxylic acids is 1. The highest BCUT2D eigenvalue weighted by atomic mass is 19.4. The molecular weight excluding hydrogens is 287 g/mol. The van der Waals surface area contributed by atoms with E-state index in [1.807, 2.05) is 0 Å². The number of hydrogen-bond donors (Lipinski definition) is 2. The zero-order chi connectivity index (χ0) is 15.6. The molecule has 1 aromatic heterocycles. The Morgan fingerprint density at radius 3 is 2.33 bits per heavy atom. The number of anilines is 1. The summed E-state index contributed by atoms with van der Waals surface area (Å²) in [5.41, 5.74) is 2.08. The van der Waals surface area contributed by atoms with Crippen LogP contribution in [0.1, 0.15) is 21.7 Å². The second-order valence-electron chi connectivity index (χ2n) is 4.34. The van der Waals surface area contributed by atoms with Gasteiger partial charge in [0.1, 0.15) is 5.75 Å². The minimum Gasteiger partial charge on any atom is -0.406 e. The molecule has 1 heterocycles. The summed E-state index contributed by atoms with van der Waals surface area (Å²) in [4.78, 5) is 12.0. The van der Waals surface area contributed by atoms with Crippen LogP contribution >= 0.6 is 0 Å². The predicted molar refractivity (Wildman–Crippen MR) is 69.1 cm³/mol. The summed E-state index contributed by atoms with van der Waals surface area (Å²) in [6, 6.07) is 4.66. The van der Waals surface area contributed by atoms with E-state index in [1.165, 1.54) is 12.1 Å². The molecule has 0 atom stereocenters. The van der Waals surface area contributed by atoms with Gasteiger partial charge in [-0.2, -0.15) is 5.10 Å². The molecule has 0 aliphatic carbocycles. The quantitative estimate of drug-likeness (QED) is 0.914. The Hall–Kier alpha value is -2.51. The molecule has 21 heavy (non-hydrogen) atoms. The first-order valence-corrected chi connectivity index (χ1v) is 5.95. The van der Waals surface area contributed by atoms with Crippen LogP contribution in [0.3, 0.4) is 0 Å². The predicted octanol–water partition coefficient (Wildman–Crippen LogP) is 3.18. The number of hydrogen-bond acceptors (Lipinski definition) is 3. The number of aromatic amines is 1. The average Bonchev–Trinajstić information content (AvgIpc) is 2.69. The lowest BCUT2D eigenvalue weighted by atomic mass is 10.2. The van der Waals surface area contributed by atoms with E-state index in [0.29, 0.717) is 17.1 Å². The molecule has 5 nitrogen and oxygen atoms in total. The molecule has 2 N–H and O–H groups in total. The van der Waals surface area contributed by atoms with Gasteiger partial charge in [0.25, 0.3) is 5.91 Å². The number of carbonyl (C=O) groups is 1. The monoisotopic (exact) mass is 299 g/mol. The molecule has 0 saturated carbocycles. The standard InChI is InChI=1S/C13H12F3N3O2/c1-7-11(8(2)19-18-7)17-12(20)9-3-5-10(6-4-9)21-13(14,15)16/h3-6H,1-2H3,(H,17,20)(H,18,19). The normalized spacial score (nSPS) is 11.3. The number of amides is 1. The van der Waals surface area contributed by atoms with Crippen LogP contribution in [0, 0.1) is 13.8 Å². The number of halogens is 3. The molecule has 1 aromatic carbocycles. The minimum atomic E-state index is -4.76. The molecule has 0 saturated heterocycles. The van der Waals surface area contributed by atoms with Crippen molar-refractivity contribution in [2.45, 2.75) is 20.2 Å². The van der Waals surface area contributed by atoms with Gasteiger partial charge in [-0.3, -0.25) is 9.89 Å². The summed E-state index contributed by atoms with van der Waals surface area (Å²) in [6.45, 7) is 3.47. The minimum absolute atomic E-state index is 0.213. The molecule has 1 amide bonds. The van der Waals surface area contributed by atoms with Gasteiger partial charge in [0, 0.05) is 5.56 Å². The lowest BCUT2D eigenvalue weighted by Crippen LogP contribution is -2.17. The Morgan fingerprint density at radius 2 is 1.86 bits per heavy atom. The van der Waals surface area contributed by atoms with Crippen molar-refractivity contribution in [3.63, 3.8) is 0 Å². The molecule has 112 valence electrons. The molecule has 0 radical (unpaired) electrons. The van der Waals surface area contributed by atoms with Crippen molar-refractivity contribution >= 4 is 11.6 Å². The van der Waals surface area contributed by atoms with Crippen LogP contribution in [0.2, 0.25) is 0 Å². The van der Waals surface area contributed by atoms with Gasteiger partial charge in [-0.15, -0.1) is 13.2 Å². The molecule has 2 rings (SSSR count). The molecule has 0 aliphatic heterocycles. The molecule has 0 unspecified atom stereocenters. The average molecular weight is 299 g/mol. The maximum absolute atomic E-state index is 12.0. The van der Waals surface area contributed by atoms with Gasteiger partial charge in [0.05, 0.1) is 17.1 Å². The van der Waals surface area contributed by atoms with Crippen LogP contribution < -0.4 is 10.1 Å². The summed E-state index contributed by atoms with van der Waals surface area (Å²) in [5.74, 6) is -0.823. The van der Waals surface area contributed by atoms with Crippen molar-refractivity contribution in [3.8, 4) is 5.75 Å². The zero-order valence-electron chi connectivity index (χ0n) is 11.2. The molecule has 0 spiro atoms. The maximum atomic E-state index is 12.0. The molecular formula is C13H12F3N3O2. The van der Waals surface area contributed by atoms with E-state index in [-0.39, 0.29) is 11.3 Å². The smallest absolute Gasteiger partial charge is 0.406 e. The number of nitrogens with one attached hydrogen (secondary N) is 2. The third-order valence-electron chi connectivity index (χ3n) is 2.72. The van der Waals surface area contributed by atoms with Crippen LogP contribution in [-0.2, 0) is 0 Å². The number of benzene rings is 1. The number of aryl methyl sites for hydroxylation is 2. The summed E-state index contributed by atoms with van der Waals surface area (Å²) in [7, 11) is 0. The Bertz CT molecular complexity index is 628. The van der Waals surface area contributed by atoms with Gasteiger partial charge < -0.3 is 10.1 Å². The number of alkyl halides is 3. The number of nitrogens with zero attached hydrogens (tertiary/aromatic N) is 1. The summed E-state index contributed by atoms with van der Waals surface area (Å²) in [6.07, 6.45) is -4.76. The van der Waals surface area contributed by atoms with Gasteiger partial charge in [0.15, 0.2) is 0 Å². The maximum Gasteiger partial charge on any atom is 0.573 e. The second kappa shape index (κ2) is 5.47. The summed E-state index contributed by atoms with van der Waals surface area (Å²) >= 11 is 0. The van der Waals surface area contributed by atoms with E-state index in [0.717, 1.165) is 12.1 Å². The van der Waals surface area contributed by atoms with Gasteiger partial charge >= 0.3 is 6.36 Å². The Labute approximate surface area is 118 Å². The molecule has 0 aliphatic rings. The third kappa shape index (κ3) is 3.74. The summed E-state index contributed by atoms with van der Waals surface area (Å²) in [5, 5.41) is 9.30. The molecule has 0 bridgehead atoms. The van der Waals surface area contributed by atoms with Crippen LogP contribution in [-0.4, -0.2) is 22.5 Å². The summed E-state index contributed by atoms with van der Waals surface area (Å²) < 4.78 is 39.8. The number of aromatic nitrogens is 2. The molecule has 2 aromatic rings. The second-order valence-corrected chi connectivity index (χ2v) is 4.34. The highest BCUT2D eigenvalue weighted by Crippen LogP contribution is 2.23. The van der Waals surface area contributed by atoms with Crippen molar-refractivity contribution in [2.24, 2.45) is 0 Å². The Kier molecular flexibility index (Phi) is 3.88. The van der Waals surface area contributed by atoms with Crippen molar-refractivity contribution in [2.75, 3.05) is 5.32 Å². The number of rotatable bonds is 3. The van der Waals surface area contributed by atoms with E-state index in [9.17, 15) is 18.0 Å². The lowest BCUT2D eigenvalue weighted by molar-refractivity contribution is -0.274. The Balaban J connectivity index is 2.10. The van der Waals surface area contributed by atoms with Crippen molar-refractivity contribution in [3.05, 3.63) is 41.2 Å². The molecule has 8 heteroatoms. The van der Waals surface area contributed by atoms with Crippen LogP contribution in [0.15, 0.2) is 24.3 Å². The van der Waals surface area contributed by atoms with Gasteiger partial charge in [-0.1, -0.05) is 0 Å². The van der Waals surface area contributed by atoms with Gasteiger partial charge in [0.2, 0.25) is 0 Å². The first-order valence-electron chi connectivity index (χ1n) is 5.95. The van der Waals surface area contributed by atoms with Crippen molar-refractivity contribution in [1.29, 1.82) is 0 Å². The van der Waals surface area contributed by atoms with Gasteiger partial charge in [-0.25, -0.2) is 0 Å². The van der Waals surface area contributed by atoms with Crippen molar-refractivity contribution < 1.29 is 22.7 Å². The fourth-order valence-corrected chi connectivity index (χ4v) is 1.73. The van der Waals surface area contributed by atoms with E-state index in [4.69, 9.17) is 0 Å². The highest BCUT2D eigenvalue weighted by Gasteiger charge is 2.31. The van der Waals surface area contributed by atoms with Crippen LogP contribution in [0.4, 0.5) is 18.9 Å². The lowest BCUT2D eigenvalue weighted by Gasteiger charge is -2.09. The Morgan fingerprint density at radius 1 is 1.24 bits per heavy atom. The highest BCUT2D eigenvalue weighted by molar-refractivity contribution is 6.04. The SMILES string of the molecule is Cc1n[nH]c(C)c1NC(=O)c1ccc(OC(F)(F)F)cc1. The van der Waals surface area contributed by atoms with Gasteiger partial charge in [-0.05, 0) is 38.1 Å². The van der Waals surface area contributed by atoms with Crippen LogP contribution in [0.25, 0.3) is 0 Å². The third-order valence-corrected chi connectivity index (χ3v) is 2.72.